The number of hydrogen-bond acceptors (Lipinski definition) is 10. The van der Waals surface area contributed by atoms with Crippen LogP contribution >= 0.6 is 0 Å². The minimum atomic E-state index is -1.64. The number of unbranched alkanes of at least 4 members (excludes halogenated alkanes) is 19. The molecule has 1 rings (SSSR count). The molecule has 1 heterocycles. The predicted octanol–water partition coefficient (Wildman–Crippen LogP) is 16.0. The first-order valence-electron chi connectivity index (χ1n) is 32.5. The molecular formula is C71H117NO10. The third-order valence-electron chi connectivity index (χ3n) is 14.3. The fraction of sp³-hybridized carbons (Fsp3) is 0.662. The van der Waals surface area contributed by atoms with Crippen molar-refractivity contribution in [3.63, 3.8) is 0 Å². The largest absolute Gasteiger partial charge is 0.454 e. The molecule has 82 heavy (non-hydrogen) atoms. The van der Waals surface area contributed by atoms with Crippen LogP contribution in [0.15, 0.2) is 134 Å². The van der Waals surface area contributed by atoms with Crippen molar-refractivity contribution in [1.82, 2.24) is 5.32 Å². The average molecular weight is 1140 g/mol. The Bertz CT molecular complexity index is 1840. The molecule has 0 aromatic heterocycles. The molecule has 0 radical (unpaired) electrons. The summed E-state index contributed by atoms with van der Waals surface area (Å²) in [6, 6.07) is -1.05. The van der Waals surface area contributed by atoms with Crippen LogP contribution in [0.4, 0.5) is 0 Å². The van der Waals surface area contributed by atoms with Gasteiger partial charge in [0.25, 0.3) is 0 Å². The summed E-state index contributed by atoms with van der Waals surface area (Å²) in [5, 5.41) is 57.1. The maximum atomic E-state index is 13.5. The van der Waals surface area contributed by atoms with Gasteiger partial charge >= 0.3 is 5.97 Å². The number of allylic oxidation sites excluding steroid dienone is 21. The summed E-state index contributed by atoms with van der Waals surface area (Å²) >= 11 is 0. The van der Waals surface area contributed by atoms with E-state index < -0.39 is 67.4 Å². The van der Waals surface area contributed by atoms with Crippen molar-refractivity contribution in [3.05, 3.63) is 134 Å². The average Bonchev–Trinajstić information content (AvgIpc) is 3.68. The maximum absolute atomic E-state index is 13.5. The first-order valence-corrected chi connectivity index (χ1v) is 32.5. The fourth-order valence-corrected chi connectivity index (χ4v) is 9.23. The highest BCUT2D eigenvalue weighted by Gasteiger charge is 2.47. The summed E-state index contributed by atoms with van der Waals surface area (Å²) < 4.78 is 17.6. The van der Waals surface area contributed by atoms with Gasteiger partial charge in [0.05, 0.1) is 25.4 Å². The van der Waals surface area contributed by atoms with Crippen LogP contribution in [0.3, 0.4) is 0 Å². The Morgan fingerprint density at radius 2 is 0.878 bits per heavy atom. The lowest BCUT2D eigenvalue weighted by atomic mass is 9.99. The topological polar surface area (TPSA) is 175 Å². The number of hydrogen-bond donors (Lipinski definition) is 6. The Hall–Kier alpha value is -4.20. The number of aliphatic hydroxyl groups is 5. The van der Waals surface area contributed by atoms with Crippen molar-refractivity contribution in [2.24, 2.45) is 0 Å². The third-order valence-corrected chi connectivity index (χ3v) is 14.3. The molecule has 0 bridgehead atoms. The zero-order valence-corrected chi connectivity index (χ0v) is 51.6. The smallest absolute Gasteiger partial charge is 0.306 e. The van der Waals surface area contributed by atoms with Gasteiger partial charge in [-0.3, -0.25) is 9.59 Å². The third kappa shape index (κ3) is 44.3. The number of aliphatic hydroxyl groups excluding tert-OH is 5. The molecule has 8 unspecified atom stereocenters. The SMILES string of the molecule is CC/C=C\C/C=C\C/C=C\C/C=C\C/C=C\CCCCCCCCC(O)C(=O)NC(COC1OC(CO)C(O)C(O)C1OC(=O)CCCCC/C=C\C/C=C\C/C=C\C/C=C\C/C=C\CC)C(O)/C=C/CCCCCCCCCCCC. The van der Waals surface area contributed by atoms with E-state index in [0.29, 0.717) is 12.8 Å². The predicted molar refractivity (Wildman–Crippen MR) is 342 cm³/mol. The molecule has 1 aliphatic rings. The molecular weight excluding hydrogens is 1030 g/mol. The number of nitrogens with one attached hydrogen (secondary N) is 1. The van der Waals surface area contributed by atoms with Crippen LogP contribution in [0, 0.1) is 0 Å². The number of amides is 1. The van der Waals surface area contributed by atoms with E-state index in [2.05, 4.69) is 148 Å². The van der Waals surface area contributed by atoms with Gasteiger partial charge in [0.15, 0.2) is 12.4 Å². The Kier molecular flexibility index (Phi) is 52.9. The number of ether oxygens (including phenoxy) is 3. The second-order valence-electron chi connectivity index (χ2n) is 21.7. The molecule has 1 saturated heterocycles. The Labute approximate surface area is 499 Å². The quantitative estimate of drug-likeness (QED) is 0.0195. The van der Waals surface area contributed by atoms with E-state index in [1.54, 1.807) is 6.08 Å². The van der Waals surface area contributed by atoms with Crippen molar-refractivity contribution in [2.45, 2.75) is 288 Å². The van der Waals surface area contributed by atoms with E-state index in [4.69, 9.17) is 14.2 Å². The summed E-state index contributed by atoms with van der Waals surface area (Å²) in [6.07, 6.45) is 70.5. The van der Waals surface area contributed by atoms with Crippen molar-refractivity contribution in [1.29, 1.82) is 0 Å². The standard InChI is InChI=1S/C71H117NO10/c1-4-7-10-13-16-19-22-25-27-29-31-32-33-35-36-38-40-43-46-49-52-55-58-64(75)70(79)72-62(63(74)57-54-51-48-45-42-24-21-18-15-12-9-6-3)61-80-71-69(68(78)67(77)65(60-73)81-71)82-66(76)59-56-53-50-47-44-41-39-37-34-30-28-26-23-20-17-14-11-8-5-2/h7-8,10-11,16-17,19-20,25-28,31-32,34-37,41,44,54,57,62-65,67-69,71,73-75,77-78H,4-6,9,12-15,18,21-24,29-30,33,38-40,42-43,45-53,55-56,58-61H2,1-3H3,(H,72,79)/b10-7-,11-8-,19-16-,20-17-,27-25-,28-26-,32-31-,36-35-,37-34-,44-41-,57-54+. The van der Waals surface area contributed by atoms with Gasteiger partial charge in [-0.15, -0.1) is 0 Å². The van der Waals surface area contributed by atoms with Gasteiger partial charge in [0.1, 0.15) is 24.4 Å². The van der Waals surface area contributed by atoms with Gasteiger partial charge in [-0.05, 0) is 116 Å². The maximum Gasteiger partial charge on any atom is 0.306 e. The molecule has 11 nitrogen and oxygen atoms in total. The molecule has 8 atom stereocenters. The van der Waals surface area contributed by atoms with Crippen molar-refractivity contribution in [3.8, 4) is 0 Å². The number of carbonyl (C=O) groups is 2. The van der Waals surface area contributed by atoms with E-state index >= 15 is 0 Å². The van der Waals surface area contributed by atoms with Crippen LogP contribution in [0.25, 0.3) is 0 Å². The van der Waals surface area contributed by atoms with Crippen molar-refractivity contribution < 1.29 is 49.3 Å². The molecule has 0 aliphatic carbocycles. The number of carbonyl (C=O) groups excluding carboxylic acids is 2. The molecule has 0 saturated carbocycles. The molecule has 6 N–H and O–H groups in total. The van der Waals surface area contributed by atoms with Crippen molar-refractivity contribution in [2.75, 3.05) is 13.2 Å². The highest BCUT2D eigenvalue weighted by Crippen LogP contribution is 2.26. The molecule has 11 heteroatoms. The fourth-order valence-electron chi connectivity index (χ4n) is 9.23. The first kappa shape index (κ1) is 75.8. The van der Waals surface area contributed by atoms with Crippen LogP contribution in [0.1, 0.15) is 239 Å². The van der Waals surface area contributed by atoms with Crippen LogP contribution in [0.2, 0.25) is 0 Å². The van der Waals surface area contributed by atoms with Gasteiger partial charge in [-0.25, -0.2) is 0 Å². The summed E-state index contributed by atoms with van der Waals surface area (Å²) in [5.74, 6) is -1.25. The lowest BCUT2D eigenvalue weighted by Gasteiger charge is -2.41. The van der Waals surface area contributed by atoms with Crippen LogP contribution in [-0.2, 0) is 23.8 Å². The van der Waals surface area contributed by atoms with Crippen molar-refractivity contribution >= 4 is 11.9 Å². The Balaban J connectivity index is 2.69. The van der Waals surface area contributed by atoms with E-state index in [0.717, 1.165) is 148 Å². The highest BCUT2D eigenvalue weighted by molar-refractivity contribution is 5.80. The highest BCUT2D eigenvalue weighted by atomic mass is 16.7. The van der Waals surface area contributed by atoms with E-state index in [1.807, 2.05) is 6.08 Å². The Morgan fingerprint density at radius 3 is 1.32 bits per heavy atom. The van der Waals surface area contributed by atoms with Crippen LogP contribution in [-0.4, -0.2) is 99.6 Å². The normalized spacial score (nSPS) is 19.5. The van der Waals surface area contributed by atoms with Gasteiger partial charge in [0, 0.05) is 6.42 Å². The van der Waals surface area contributed by atoms with E-state index in [9.17, 15) is 35.1 Å². The molecule has 1 amide bonds. The lowest BCUT2D eigenvalue weighted by Crippen LogP contribution is -2.61. The number of esters is 1. The van der Waals surface area contributed by atoms with E-state index in [-0.39, 0.29) is 19.4 Å². The molecule has 1 aliphatic heterocycles. The molecule has 0 aromatic rings. The second kappa shape index (κ2) is 57.2. The van der Waals surface area contributed by atoms with Gasteiger partial charge in [0.2, 0.25) is 5.91 Å². The monoisotopic (exact) mass is 1140 g/mol. The lowest BCUT2D eigenvalue weighted by molar-refractivity contribution is -0.305. The molecule has 466 valence electrons. The first-order chi connectivity index (χ1) is 40.2. The zero-order valence-electron chi connectivity index (χ0n) is 51.6. The minimum Gasteiger partial charge on any atom is -0.454 e. The van der Waals surface area contributed by atoms with Gasteiger partial charge < -0.3 is 45.1 Å². The zero-order chi connectivity index (χ0) is 59.6. The molecule has 0 spiro atoms. The summed E-state index contributed by atoms with van der Waals surface area (Å²) in [5.41, 5.74) is 0. The van der Waals surface area contributed by atoms with Gasteiger partial charge in [-0.2, -0.15) is 0 Å². The number of rotatable bonds is 53. The summed E-state index contributed by atoms with van der Waals surface area (Å²) in [7, 11) is 0. The molecule has 0 aromatic carbocycles. The summed E-state index contributed by atoms with van der Waals surface area (Å²) in [6.45, 7) is 5.53. The Morgan fingerprint density at radius 1 is 0.488 bits per heavy atom. The van der Waals surface area contributed by atoms with Crippen LogP contribution < -0.4 is 5.32 Å². The second-order valence-corrected chi connectivity index (χ2v) is 21.7. The minimum absolute atomic E-state index is 0.0755. The molecule has 1 fully saturated rings. The van der Waals surface area contributed by atoms with Gasteiger partial charge in [-0.1, -0.05) is 251 Å². The van der Waals surface area contributed by atoms with E-state index in [1.165, 1.54) is 44.9 Å². The summed E-state index contributed by atoms with van der Waals surface area (Å²) in [4.78, 5) is 26.6. The van der Waals surface area contributed by atoms with Crippen LogP contribution in [0.5, 0.6) is 0 Å².